The van der Waals surface area contributed by atoms with Gasteiger partial charge in [0.2, 0.25) is 0 Å². The fourth-order valence-electron chi connectivity index (χ4n) is 2.69. The fraction of sp³-hybridized carbons (Fsp3) is 0. The van der Waals surface area contributed by atoms with Crippen molar-refractivity contribution in [2.45, 2.75) is 0 Å². The Bertz CT molecular complexity index is 902. The molecule has 0 bridgehead atoms. The van der Waals surface area contributed by atoms with Crippen LogP contribution >= 0.6 is 11.6 Å². The first-order valence-corrected chi connectivity index (χ1v) is 7.53. The molecular formula is C20H13ClO. The summed E-state index contributed by atoms with van der Waals surface area (Å²) in [4.78, 5) is 0. The van der Waals surface area contributed by atoms with E-state index < -0.39 is 0 Å². The van der Waals surface area contributed by atoms with Gasteiger partial charge in [0, 0.05) is 16.0 Å². The molecule has 0 radical (unpaired) electrons. The quantitative estimate of drug-likeness (QED) is 0.416. The van der Waals surface area contributed by atoms with E-state index in [2.05, 4.69) is 24.3 Å². The van der Waals surface area contributed by atoms with Gasteiger partial charge in [0.1, 0.15) is 11.3 Å². The van der Waals surface area contributed by atoms with Crippen molar-refractivity contribution in [2.24, 2.45) is 0 Å². The largest absolute Gasteiger partial charge is 0.456 e. The van der Waals surface area contributed by atoms with Gasteiger partial charge in [-0.05, 0) is 35.4 Å². The molecule has 1 heterocycles. The second-order valence-corrected chi connectivity index (χ2v) is 5.64. The first-order valence-electron chi connectivity index (χ1n) is 7.15. The molecule has 0 saturated heterocycles. The molecule has 4 aromatic rings. The molecule has 0 spiro atoms. The van der Waals surface area contributed by atoms with Crippen molar-refractivity contribution in [3.05, 3.63) is 83.9 Å². The molecule has 4 rings (SSSR count). The molecule has 106 valence electrons. The Morgan fingerprint density at radius 3 is 2.14 bits per heavy atom. The van der Waals surface area contributed by atoms with E-state index in [0.717, 1.165) is 38.4 Å². The zero-order valence-electron chi connectivity index (χ0n) is 11.8. The number of hydrogen-bond donors (Lipinski definition) is 0. The number of para-hydroxylation sites is 1. The molecule has 0 unspecified atom stereocenters. The summed E-state index contributed by atoms with van der Waals surface area (Å²) in [6, 6.07) is 26.3. The van der Waals surface area contributed by atoms with E-state index in [4.69, 9.17) is 16.0 Å². The van der Waals surface area contributed by atoms with Crippen LogP contribution in [0.2, 0.25) is 5.02 Å². The smallest absolute Gasteiger partial charge is 0.136 e. The van der Waals surface area contributed by atoms with Gasteiger partial charge in [-0.25, -0.2) is 0 Å². The summed E-state index contributed by atoms with van der Waals surface area (Å²) >= 11 is 5.99. The maximum Gasteiger partial charge on any atom is 0.136 e. The minimum atomic E-state index is 0.741. The van der Waals surface area contributed by atoms with Crippen LogP contribution in [-0.4, -0.2) is 0 Å². The highest BCUT2D eigenvalue weighted by Gasteiger charge is 2.11. The van der Waals surface area contributed by atoms with Gasteiger partial charge in [-0.15, -0.1) is 0 Å². The standard InChI is InChI=1S/C20H13ClO/c21-16-11-9-14(10-12-16)17-6-2-3-7-18(17)20-13-15-5-1-4-8-19(15)22-20/h1-13H. The van der Waals surface area contributed by atoms with Gasteiger partial charge in [0.15, 0.2) is 0 Å². The average molecular weight is 305 g/mol. The van der Waals surface area contributed by atoms with E-state index >= 15 is 0 Å². The summed E-state index contributed by atoms with van der Waals surface area (Å²) in [6.45, 7) is 0. The molecule has 0 aliphatic carbocycles. The summed E-state index contributed by atoms with van der Waals surface area (Å²) in [5, 5.41) is 1.85. The van der Waals surface area contributed by atoms with Crippen LogP contribution in [0.3, 0.4) is 0 Å². The van der Waals surface area contributed by atoms with Crippen molar-refractivity contribution in [1.82, 2.24) is 0 Å². The second kappa shape index (κ2) is 5.36. The van der Waals surface area contributed by atoms with Gasteiger partial charge in [-0.2, -0.15) is 0 Å². The van der Waals surface area contributed by atoms with Crippen molar-refractivity contribution in [2.75, 3.05) is 0 Å². The lowest BCUT2D eigenvalue weighted by Gasteiger charge is -2.07. The van der Waals surface area contributed by atoms with Crippen LogP contribution in [0.4, 0.5) is 0 Å². The summed E-state index contributed by atoms with van der Waals surface area (Å²) < 4.78 is 6.01. The van der Waals surface area contributed by atoms with Crippen LogP contribution in [0.5, 0.6) is 0 Å². The fourth-order valence-corrected chi connectivity index (χ4v) is 2.82. The summed E-state index contributed by atoms with van der Waals surface area (Å²) in [7, 11) is 0. The van der Waals surface area contributed by atoms with Crippen LogP contribution in [0.1, 0.15) is 0 Å². The Morgan fingerprint density at radius 2 is 1.36 bits per heavy atom. The maximum atomic E-state index is 6.01. The third-order valence-corrected chi connectivity index (χ3v) is 4.03. The molecule has 0 amide bonds. The van der Waals surface area contributed by atoms with Crippen molar-refractivity contribution in [3.8, 4) is 22.5 Å². The minimum absolute atomic E-state index is 0.741. The Balaban J connectivity index is 1.90. The lowest BCUT2D eigenvalue weighted by molar-refractivity contribution is 0.632. The molecule has 0 fully saturated rings. The van der Waals surface area contributed by atoms with Gasteiger partial charge in [0.25, 0.3) is 0 Å². The Kier molecular flexibility index (Phi) is 3.21. The van der Waals surface area contributed by atoms with E-state index in [0.29, 0.717) is 0 Å². The van der Waals surface area contributed by atoms with Crippen LogP contribution < -0.4 is 0 Å². The van der Waals surface area contributed by atoms with Crippen molar-refractivity contribution in [1.29, 1.82) is 0 Å². The third kappa shape index (κ3) is 2.30. The topological polar surface area (TPSA) is 13.1 Å². The highest BCUT2D eigenvalue weighted by Crippen LogP contribution is 2.35. The number of hydrogen-bond acceptors (Lipinski definition) is 1. The number of furan rings is 1. The zero-order chi connectivity index (χ0) is 14.9. The van der Waals surface area contributed by atoms with E-state index in [1.165, 1.54) is 0 Å². The second-order valence-electron chi connectivity index (χ2n) is 5.20. The van der Waals surface area contributed by atoms with Crippen LogP contribution in [0.25, 0.3) is 33.4 Å². The molecule has 1 nitrogen and oxygen atoms in total. The molecule has 0 aliphatic rings. The molecule has 0 N–H and O–H groups in total. The monoisotopic (exact) mass is 304 g/mol. The molecule has 3 aromatic carbocycles. The van der Waals surface area contributed by atoms with Gasteiger partial charge in [-0.3, -0.25) is 0 Å². The number of rotatable bonds is 2. The molecule has 1 aromatic heterocycles. The predicted molar refractivity (Wildman–Crippen MR) is 92.1 cm³/mol. The lowest BCUT2D eigenvalue weighted by Crippen LogP contribution is -1.83. The highest BCUT2D eigenvalue weighted by atomic mass is 35.5. The van der Waals surface area contributed by atoms with Crippen molar-refractivity contribution in [3.63, 3.8) is 0 Å². The SMILES string of the molecule is Clc1ccc(-c2ccccc2-c2cc3ccccc3o2)cc1. The number of fused-ring (bicyclic) bond motifs is 1. The average Bonchev–Trinajstić information content (AvgIpc) is 2.99. The lowest BCUT2D eigenvalue weighted by atomic mass is 9.98. The van der Waals surface area contributed by atoms with E-state index in [9.17, 15) is 0 Å². The predicted octanol–water partition coefficient (Wildman–Crippen LogP) is 6.42. The third-order valence-electron chi connectivity index (χ3n) is 3.77. The van der Waals surface area contributed by atoms with Gasteiger partial charge >= 0.3 is 0 Å². The van der Waals surface area contributed by atoms with Crippen LogP contribution in [0.15, 0.2) is 83.3 Å². The maximum absolute atomic E-state index is 6.01. The molecule has 0 aliphatic heterocycles. The minimum Gasteiger partial charge on any atom is -0.456 e. The normalized spacial score (nSPS) is 11.0. The summed E-state index contributed by atoms with van der Waals surface area (Å²) in [6.07, 6.45) is 0. The van der Waals surface area contributed by atoms with Crippen LogP contribution in [0, 0.1) is 0 Å². The molecule has 0 saturated carbocycles. The first kappa shape index (κ1) is 13.2. The van der Waals surface area contributed by atoms with E-state index in [1.54, 1.807) is 0 Å². The summed E-state index contributed by atoms with van der Waals surface area (Å²) in [5.41, 5.74) is 4.25. The molecule has 22 heavy (non-hydrogen) atoms. The van der Waals surface area contributed by atoms with Crippen LogP contribution in [-0.2, 0) is 0 Å². The van der Waals surface area contributed by atoms with Crippen molar-refractivity contribution < 1.29 is 4.42 Å². The van der Waals surface area contributed by atoms with E-state index in [-0.39, 0.29) is 0 Å². The van der Waals surface area contributed by atoms with Gasteiger partial charge in [-0.1, -0.05) is 66.2 Å². The molecule has 2 heteroatoms. The van der Waals surface area contributed by atoms with Gasteiger partial charge in [0.05, 0.1) is 0 Å². The zero-order valence-corrected chi connectivity index (χ0v) is 12.5. The number of halogens is 1. The first-order chi connectivity index (χ1) is 10.8. The Morgan fingerprint density at radius 1 is 0.682 bits per heavy atom. The molecular weight excluding hydrogens is 292 g/mol. The highest BCUT2D eigenvalue weighted by molar-refractivity contribution is 6.30. The molecule has 0 atom stereocenters. The number of benzene rings is 3. The summed E-state index contributed by atoms with van der Waals surface area (Å²) in [5.74, 6) is 0.881. The Labute approximate surface area is 133 Å². The Hall–Kier alpha value is -2.51. The van der Waals surface area contributed by atoms with Crippen molar-refractivity contribution >= 4 is 22.6 Å². The van der Waals surface area contributed by atoms with Gasteiger partial charge < -0.3 is 4.42 Å². The van der Waals surface area contributed by atoms with E-state index in [1.807, 2.05) is 54.6 Å².